The van der Waals surface area contributed by atoms with Crippen LogP contribution >= 0.6 is 11.6 Å². The van der Waals surface area contributed by atoms with Crippen molar-refractivity contribution >= 4 is 11.6 Å². The maximum Gasteiger partial charge on any atom is 0.147 e. The average Bonchev–Trinajstić information content (AvgIpc) is 2.04. The zero-order valence-electron chi connectivity index (χ0n) is 5.97. The molecule has 0 aliphatic carbocycles. The van der Waals surface area contributed by atoms with Crippen LogP contribution in [0.3, 0.4) is 0 Å². The normalized spacial score (nSPS) is 16.1. The van der Waals surface area contributed by atoms with Crippen LogP contribution < -0.4 is 5.32 Å². The van der Waals surface area contributed by atoms with Gasteiger partial charge in [0.15, 0.2) is 0 Å². The van der Waals surface area contributed by atoms with Gasteiger partial charge in [-0.3, -0.25) is 4.98 Å². The molecular formula is C7H8ClN3. The van der Waals surface area contributed by atoms with Gasteiger partial charge >= 0.3 is 0 Å². The van der Waals surface area contributed by atoms with Crippen LogP contribution in [0, 0.1) is 0 Å². The highest BCUT2D eigenvalue weighted by Crippen LogP contribution is 2.11. The Morgan fingerprint density at radius 2 is 2.36 bits per heavy atom. The molecule has 0 atom stereocenters. The molecule has 2 heterocycles. The van der Waals surface area contributed by atoms with Crippen molar-refractivity contribution < 1.29 is 0 Å². The van der Waals surface area contributed by atoms with Crippen molar-refractivity contribution in [3.63, 3.8) is 0 Å². The van der Waals surface area contributed by atoms with Crippen LogP contribution in [0.15, 0.2) is 6.20 Å². The summed E-state index contributed by atoms with van der Waals surface area (Å²) in [6.45, 7) is 1.79. The quantitative estimate of drug-likeness (QED) is 0.624. The molecular weight excluding hydrogens is 162 g/mol. The molecule has 0 saturated carbocycles. The molecule has 1 aliphatic rings. The molecule has 3 nitrogen and oxygen atoms in total. The molecule has 1 aromatic heterocycles. The molecule has 1 aromatic rings. The highest BCUT2D eigenvalue weighted by Gasteiger charge is 2.10. The van der Waals surface area contributed by atoms with Crippen molar-refractivity contribution in [3.05, 3.63) is 22.7 Å². The van der Waals surface area contributed by atoms with Crippen molar-refractivity contribution in [1.29, 1.82) is 0 Å². The lowest BCUT2D eigenvalue weighted by Gasteiger charge is -2.13. The summed E-state index contributed by atoms with van der Waals surface area (Å²) in [7, 11) is 0. The number of aromatic nitrogens is 2. The van der Waals surface area contributed by atoms with Gasteiger partial charge in [-0.2, -0.15) is 0 Å². The van der Waals surface area contributed by atoms with Gasteiger partial charge in [-0.05, 0) is 0 Å². The van der Waals surface area contributed by atoms with Gasteiger partial charge in [0.1, 0.15) is 5.15 Å². The molecule has 0 amide bonds. The number of rotatable bonds is 0. The summed E-state index contributed by atoms with van der Waals surface area (Å²) in [6, 6.07) is 0. The fourth-order valence-electron chi connectivity index (χ4n) is 1.19. The first-order valence-electron chi connectivity index (χ1n) is 3.57. The highest BCUT2D eigenvalue weighted by atomic mass is 35.5. The maximum atomic E-state index is 5.68. The monoisotopic (exact) mass is 169 g/mol. The number of nitrogens with zero attached hydrogens (tertiary/aromatic N) is 2. The van der Waals surface area contributed by atoms with E-state index in [1.165, 1.54) is 0 Å². The Morgan fingerprint density at radius 3 is 3.27 bits per heavy atom. The van der Waals surface area contributed by atoms with Crippen LogP contribution in [0.5, 0.6) is 0 Å². The third-order valence-electron chi connectivity index (χ3n) is 1.73. The lowest BCUT2D eigenvalue weighted by Crippen LogP contribution is -2.25. The number of halogens is 1. The molecule has 4 heteroatoms. The molecule has 0 fully saturated rings. The van der Waals surface area contributed by atoms with Gasteiger partial charge in [-0.1, -0.05) is 11.6 Å². The van der Waals surface area contributed by atoms with E-state index in [2.05, 4.69) is 15.3 Å². The Morgan fingerprint density at radius 1 is 1.45 bits per heavy atom. The molecule has 0 aromatic carbocycles. The van der Waals surface area contributed by atoms with Crippen molar-refractivity contribution in [1.82, 2.24) is 15.3 Å². The molecule has 1 N–H and O–H groups in total. The smallest absolute Gasteiger partial charge is 0.147 e. The minimum atomic E-state index is 0.491. The molecule has 1 aliphatic heterocycles. The Labute approximate surface area is 69.8 Å². The Bertz CT molecular complexity index is 274. The lowest BCUT2D eigenvalue weighted by molar-refractivity contribution is 0.613. The second-order valence-electron chi connectivity index (χ2n) is 2.51. The summed E-state index contributed by atoms with van der Waals surface area (Å²) in [4.78, 5) is 8.34. The van der Waals surface area contributed by atoms with Crippen LogP contribution in [-0.4, -0.2) is 16.5 Å². The molecule has 0 bridgehead atoms. The molecule has 0 saturated heterocycles. The summed E-state index contributed by atoms with van der Waals surface area (Å²) in [6.07, 6.45) is 2.52. The number of fused-ring (bicyclic) bond motifs is 1. The molecule has 58 valence electrons. The molecule has 0 unspecified atom stereocenters. The van der Waals surface area contributed by atoms with Crippen LogP contribution in [0.25, 0.3) is 0 Å². The van der Waals surface area contributed by atoms with Crippen LogP contribution in [0.1, 0.15) is 11.4 Å². The highest BCUT2D eigenvalue weighted by molar-refractivity contribution is 6.29. The molecule has 2 rings (SSSR count). The number of nitrogens with one attached hydrogen (secondary N) is 1. The first-order valence-corrected chi connectivity index (χ1v) is 3.95. The first kappa shape index (κ1) is 7.00. The molecule has 11 heavy (non-hydrogen) atoms. The van der Waals surface area contributed by atoms with Gasteiger partial charge in [0.25, 0.3) is 0 Å². The number of hydrogen-bond donors (Lipinski definition) is 1. The summed E-state index contributed by atoms with van der Waals surface area (Å²) in [5.41, 5.74) is 2.07. The summed E-state index contributed by atoms with van der Waals surface area (Å²) >= 11 is 5.68. The predicted molar refractivity (Wildman–Crippen MR) is 42.5 cm³/mol. The van der Waals surface area contributed by atoms with E-state index >= 15 is 0 Å². The Balaban J connectivity index is 2.43. The second-order valence-corrected chi connectivity index (χ2v) is 2.90. The van der Waals surface area contributed by atoms with E-state index in [4.69, 9.17) is 11.6 Å². The minimum Gasteiger partial charge on any atom is -0.311 e. The van der Waals surface area contributed by atoms with E-state index < -0.39 is 0 Å². The van der Waals surface area contributed by atoms with Crippen LogP contribution in [0.2, 0.25) is 5.15 Å². The van der Waals surface area contributed by atoms with Gasteiger partial charge in [-0.15, -0.1) is 0 Å². The predicted octanol–water partition coefficient (Wildman–Crippen LogP) is 0.776. The van der Waals surface area contributed by atoms with E-state index in [9.17, 15) is 0 Å². The summed E-state index contributed by atoms with van der Waals surface area (Å²) in [5.74, 6) is 0. The van der Waals surface area contributed by atoms with Gasteiger partial charge in [0.2, 0.25) is 0 Å². The summed E-state index contributed by atoms with van der Waals surface area (Å²) < 4.78 is 0. The van der Waals surface area contributed by atoms with E-state index in [-0.39, 0.29) is 0 Å². The fourth-order valence-corrected chi connectivity index (χ4v) is 1.34. The molecule has 0 radical (unpaired) electrons. The lowest BCUT2D eigenvalue weighted by atomic mass is 10.2. The fraction of sp³-hybridized carbons (Fsp3) is 0.429. The average molecular weight is 170 g/mol. The van der Waals surface area contributed by atoms with Crippen LogP contribution in [-0.2, 0) is 13.0 Å². The maximum absolute atomic E-state index is 5.68. The zero-order valence-corrected chi connectivity index (χ0v) is 6.73. The largest absolute Gasteiger partial charge is 0.311 e. The Hall–Kier alpha value is -0.670. The summed E-state index contributed by atoms with van der Waals surface area (Å²) in [5, 5.41) is 3.71. The standard InChI is InChI=1S/C7H8ClN3/c8-7-4-10-6-3-9-2-1-5(6)11-7/h4,9H,1-3H2. The SMILES string of the molecule is Clc1cnc2c(n1)CCNC2. The van der Waals surface area contributed by atoms with E-state index in [0.717, 1.165) is 30.9 Å². The first-order chi connectivity index (χ1) is 5.36. The van der Waals surface area contributed by atoms with Gasteiger partial charge in [0, 0.05) is 19.5 Å². The van der Waals surface area contributed by atoms with Gasteiger partial charge in [0.05, 0.1) is 17.6 Å². The van der Waals surface area contributed by atoms with E-state index in [1.807, 2.05) is 0 Å². The van der Waals surface area contributed by atoms with E-state index in [1.54, 1.807) is 6.20 Å². The third kappa shape index (κ3) is 1.34. The zero-order chi connectivity index (χ0) is 7.68. The number of hydrogen-bond acceptors (Lipinski definition) is 3. The van der Waals surface area contributed by atoms with Crippen molar-refractivity contribution in [2.75, 3.05) is 6.54 Å². The molecule has 0 spiro atoms. The van der Waals surface area contributed by atoms with Crippen molar-refractivity contribution in [2.24, 2.45) is 0 Å². The van der Waals surface area contributed by atoms with Gasteiger partial charge < -0.3 is 5.32 Å². The second kappa shape index (κ2) is 2.75. The van der Waals surface area contributed by atoms with Crippen molar-refractivity contribution in [3.8, 4) is 0 Å². The van der Waals surface area contributed by atoms with Gasteiger partial charge in [-0.25, -0.2) is 4.98 Å². The Kier molecular flexibility index (Phi) is 1.75. The third-order valence-corrected chi connectivity index (χ3v) is 1.91. The minimum absolute atomic E-state index is 0.491. The van der Waals surface area contributed by atoms with Crippen LogP contribution in [0.4, 0.5) is 0 Å². The van der Waals surface area contributed by atoms with E-state index in [0.29, 0.717) is 5.15 Å². The van der Waals surface area contributed by atoms with Crippen molar-refractivity contribution in [2.45, 2.75) is 13.0 Å². The topological polar surface area (TPSA) is 37.8 Å².